The van der Waals surface area contributed by atoms with Crippen LogP contribution >= 0.6 is 24.0 Å². The number of unbranched alkanes of at least 4 members (excludes halogenated alkanes) is 1. The maximum absolute atomic E-state index is 13.2. The van der Waals surface area contributed by atoms with Crippen LogP contribution < -0.4 is 10.6 Å². The summed E-state index contributed by atoms with van der Waals surface area (Å²) in [7, 11) is 3.93. The number of aliphatic imine (C=N–C) groups is 1. The second-order valence-electron chi connectivity index (χ2n) is 6.34. The zero-order valence-corrected chi connectivity index (χ0v) is 18.3. The lowest BCUT2D eigenvalue weighted by Gasteiger charge is -2.17. The lowest BCUT2D eigenvalue weighted by molar-refractivity contribution is 0.332. The molecule has 0 fully saturated rings. The Labute approximate surface area is 172 Å². The Morgan fingerprint density at radius 2 is 2.00 bits per heavy atom. The van der Waals surface area contributed by atoms with Crippen LogP contribution in [-0.2, 0) is 6.42 Å². The number of aromatic nitrogens is 1. The van der Waals surface area contributed by atoms with E-state index in [4.69, 9.17) is 0 Å². The van der Waals surface area contributed by atoms with Gasteiger partial charge < -0.3 is 20.5 Å². The van der Waals surface area contributed by atoms with Crippen LogP contribution in [0, 0.1) is 5.82 Å². The van der Waals surface area contributed by atoms with Crippen LogP contribution in [0.1, 0.15) is 25.3 Å². The lowest BCUT2D eigenvalue weighted by Crippen LogP contribution is -2.41. The summed E-state index contributed by atoms with van der Waals surface area (Å²) in [4.78, 5) is 9.71. The van der Waals surface area contributed by atoms with E-state index >= 15 is 0 Å². The van der Waals surface area contributed by atoms with Crippen molar-refractivity contribution < 1.29 is 4.39 Å². The summed E-state index contributed by atoms with van der Waals surface area (Å²) in [5.74, 6) is 0.599. The average Bonchev–Trinajstić information content (AvgIpc) is 3.00. The van der Waals surface area contributed by atoms with E-state index in [2.05, 4.69) is 39.5 Å². The first-order valence-corrected chi connectivity index (χ1v) is 9.02. The molecule has 0 aliphatic rings. The molecule has 0 spiro atoms. The molecular formula is C19H31FIN5. The van der Waals surface area contributed by atoms with Crippen molar-refractivity contribution in [2.45, 2.75) is 26.2 Å². The third-order valence-electron chi connectivity index (χ3n) is 4.32. The zero-order valence-electron chi connectivity index (χ0n) is 15.9. The fourth-order valence-corrected chi connectivity index (χ4v) is 2.81. The first kappa shape index (κ1) is 22.7. The van der Waals surface area contributed by atoms with E-state index in [0.717, 1.165) is 49.5 Å². The van der Waals surface area contributed by atoms with Gasteiger partial charge in [-0.2, -0.15) is 0 Å². The van der Waals surface area contributed by atoms with Gasteiger partial charge in [-0.25, -0.2) is 4.39 Å². The van der Waals surface area contributed by atoms with E-state index in [0.29, 0.717) is 0 Å². The van der Waals surface area contributed by atoms with Crippen molar-refractivity contribution >= 4 is 40.8 Å². The highest BCUT2D eigenvalue weighted by molar-refractivity contribution is 14.0. The van der Waals surface area contributed by atoms with Gasteiger partial charge in [-0.15, -0.1) is 24.0 Å². The Morgan fingerprint density at radius 3 is 2.73 bits per heavy atom. The van der Waals surface area contributed by atoms with Gasteiger partial charge in [0.1, 0.15) is 5.82 Å². The number of nitrogens with one attached hydrogen (secondary N) is 3. The molecule has 0 aliphatic heterocycles. The molecule has 5 nitrogen and oxygen atoms in total. The zero-order chi connectivity index (χ0) is 18.1. The van der Waals surface area contributed by atoms with Gasteiger partial charge in [-0.1, -0.05) is 13.3 Å². The van der Waals surface area contributed by atoms with Gasteiger partial charge in [-0.3, -0.25) is 4.99 Å². The van der Waals surface area contributed by atoms with Gasteiger partial charge in [-0.05, 0) is 50.2 Å². The number of benzene rings is 1. The molecule has 1 heterocycles. The van der Waals surface area contributed by atoms with Crippen LogP contribution in [0.4, 0.5) is 4.39 Å². The summed E-state index contributed by atoms with van der Waals surface area (Å²) >= 11 is 0. The molecule has 0 radical (unpaired) electrons. The van der Waals surface area contributed by atoms with E-state index < -0.39 is 0 Å². The normalized spacial score (nSPS) is 11.7. The molecule has 0 saturated carbocycles. The predicted octanol–water partition coefficient (Wildman–Crippen LogP) is 3.36. The molecular weight excluding hydrogens is 444 g/mol. The molecule has 7 heteroatoms. The fraction of sp³-hybridized carbons (Fsp3) is 0.526. The molecule has 0 atom stereocenters. The fourth-order valence-electron chi connectivity index (χ4n) is 2.81. The molecule has 0 aliphatic carbocycles. The van der Waals surface area contributed by atoms with E-state index in [9.17, 15) is 4.39 Å². The number of fused-ring (bicyclic) bond motifs is 1. The van der Waals surface area contributed by atoms with Crippen molar-refractivity contribution in [2.24, 2.45) is 4.99 Å². The highest BCUT2D eigenvalue weighted by Crippen LogP contribution is 2.19. The number of guanidine groups is 1. The number of aromatic amines is 1. The highest BCUT2D eigenvalue weighted by Gasteiger charge is 2.05. The van der Waals surface area contributed by atoms with Crippen molar-refractivity contribution in [3.05, 3.63) is 35.8 Å². The molecule has 146 valence electrons. The highest BCUT2D eigenvalue weighted by atomic mass is 127. The van der Waals surface area contributed by atoms with Crippen molar-refractivity contribution in [3.8, 4) is 0 Å². The third-order valence-corrected chi connectivity index (χ3v) is 4.32. The Bertz CT molecular complexity index is 686. The Balaban J connectivity index is 0.00000338. The maximum Gasteiger partial charge on any atom is 0.191 e. The number of likely N-dealkylation sites (N-methyl/N-ethyl adjacent to an activating group) is 1. The predicted molar refractivity (Wildman–Crippen MR) is 119 cm³/mol. The summed E-state index contributed by atoms with van der Waals surface area (Å²) in [5.41, 5.74) is 2.02. The molecule has 26 heavy (non-hydrogen) atoms. The molecule has 1 aromatic heterocycles. The maximum atomic E-state index is 13.2. The summed E-state index contributed by atoms with van der Waals surface area (Å²) < 4.78 is 13.2. The molecule has 2 aromatic rings. The van der Waals surface area contributed by atoms with E-state index in [-0.39, 0.29) is 29.8 Å². The Kier molecular flexibility index (Phi) is 10.6. The molecule has 0 bridgehead atoms. The van der Waals surface area contributed by atoms with Crippen LogP contribution in [0.15, 0.2) is 29.4 Å². The van der Waals surface area contributed by atoms with Crippen molar-refractivity contribution in [2.75, 3.05) is 40.3 Å². The molecule has 2 rings (SSSR count). The molecule has 3 N–H and O–H groups in total. The number of hydrogen-bond acceptors (Lipinski definition) is 2. The van der Waals surface area contributed by atoms with Gasteiger partial charge in [0.05, 0.1) is 0 Å². The van der Waals surface area contributed by atoms with Crippen LogP contribution in [0.3, 0.4) is 0 Å². The van der Waals surface area contributed by atoms with Gasteiger partial charge >= 0.3 is 0 Å². The Hall–Kier alpha value is -1.35. The quantitative estimate of drug-likeness (QED) is 0.296. The number of halogens is 2. The number of H-pyrrole nitrogens is 1. The van der Waals surface area contributed by atoms with Crippen molar-refractivity contribution in [3.63, 3.8) is 0 Å². The number of rotatable bonds is 9. The summed E-state index contributed by atoms with van der Waals surface area (Å²) in [6.45, 7) is 5.98. The van der Waals surface area contributed by atoms with Gasteiger partial charge in [0.25, 0.3) is 0 Å². The average molecular weight is 475 g/mol. The van der Waals surface area contributed by atoms with Crippen LogP contribution in [0.2, 0.25) is 0 Å². The first-order chi connectivity index (χ1) is 12.1. The second-order valence-corrected chi connectivity index (χ2v) is 6.34. The largest absolute Gasteiger partial charge is 0.361 e. The minimum atomic E-state index is -0.215. The standard InChI is InChI=1S/C19H30FN5.HI/c1-4-5-11-25(3)12-10-23-19(21-2)22-9-8-15-14-24-18-13-16(20)6-7-17(15)18;/h6-7,13-14,24H,4-5,8-12H2,1-3H3,(H2,21,22,23);1H. The van der Waals surface area contributed by atoms with Crippen LogP contribution in [-0.4, -0.2) is 56.1 Å². The minimum Gasteiger partial charge on any atom is -0.361 e. The van der Waals surface area contributed by atoms with E-state index in [1.165, 1.54) is 30.5 Å². The smallest absolute Gasteiger partial charge is 0.191 e. The molecule has 0 amide bonds. The summed E-state index contributed by atoms with van der Waals surface area (Å²) in [5, 5.41) is 7.75. The SMILES string of the molecule is CCCCN(C)CCNC(=NC)NCCc1c[nH]c2cc(F)ccc12.I. The minimum absolute atomic E-state index is 0. The van der Waals surface area contributed by atoms with Crippen molar-refractivity contribution in [1.82, 2.24) is 20.5 Å². The molecule has 0 saturated heterocycles. The molecule has 1 aromatic carbocycles. The monoisotopic (exact) mass is 475 g/mol. The third kappa shape index (κ3) is 7.11. The van der Waals surface area contributed by atoms with Gasteiger partial charge in [0, 0.05) is 43.8 Å². The second kappa shape index (κ2) is 12.1. The summed E-state index contributed by atoms with van der Waals surface area (Å²) in [6, 6.07) is 4.86. The first-order valence-electron chi connectivity index (χ1n) is 9.02. The number of nitrogens with zero attached hydrogens (tertiary/aromatic N) is 2. The Morgan fingerprint density at radius 1 is 1.23 bits per heavy atom. The van der Waals surface area contributed by atoms with Crippen molar-refractivity contribution in [1.29, 1.82) is 0 Å². The van der Waals surface area contributed by atoms with Gasteiger partial charge in [0.15, 0.2) is 5.96 Å². The van der Waals surface area contributed by atoms with Gasteiger partial charge in [0.2, 0.25) is 0 Å². The van der Waals surface area contributed by atoms with Crippen LogP contribution in [0.25, 0.3) is 10.9 Å². The van der Waals surface area contributed by atoms with Crippen LogP contribution in [0.5, 0.6) is 0 Å². The van der Waals surface area contributed by atoms with E-state index in [1.807, 2.05) is 12.3 Å². The summed E-state index contributed by atoms with van der Waals surface area (Å²) in [6.07, 6.45) is 5.26. The van der Waals surface area contributed by atoms with E-state index in [1.54, 1.807) is 7.05 Å². The number of hydrogen-bond donors (Lipinski definition) is 3. The topological polar surface area (TPSA) is 55.4 Å². The molecule has 0 unspecified atom stereocenters. The lowest BCUT2D eigenvalue weighted by atomic mass is 10.1.